The first-order valence-corrected chi connectivity index (χ1v) is 26.2. The number of carbonyl (C=O) groups excluding carboxylic acids is 4. The highest BCUT2D eigenvalue weighted by atomic mass is 32.2. The van der Waals surface area contributed by atoms with Crippen LogP contribution in [0.15, 0.2) is 71.0 Å². The van der Waals surface area contributed by atoms with Gasteiger partial charge in [0, 0.05) is 60.3 Å². The van der Waals surface area contributed by atoms with Gasteiger partial charge in [0.25, 0.3) is 15.9 Å². The van der Waals surface area contributed by atoms with Gasteiger partial charge in [-0.05, 0) is 96.9 Å². The zero-order valence-electron chi connectivity index (χ0n) is 40.7. The third-order valence-electron chi connectivity index (χ3n) is 12.1. The molecule has 5 N–H and O–H groups in total. The summed E-state index contributed by atoms with van der Waals surface area (Å²) < 4.78 is 48.1. The van der Waals surface area contributed by atoms with Crippen LogP contribution in [0.25, 0.3) is 22.3 Å². The van der Waals surface area contributed by atoms with Gasteiger partial charge in [-0.3, -0.25) is 14.4 Å². The predicted octanol–water partition coefficient (Wildman–Crippen LogP) is 7.79. The minimum atomic E-state index is -4.40. The number of likely N-dealkylation sites (tertiary alicyclic amines) is 1. The van der Waals surface area contributed by atoms with E-state index in [2.05, 4.69) is 26.0 Å². The van der Waals surface area contributed by atoms with E-state index in [1.807, 2.05) is 51.3 Å². The number of benzene rings is 2. The van der Waals surface area contributed by atoms with E-state index in [0.717, 1.165) is 30.8 Å². The summed E-state index contributed by atoms with van der Waals surface area (Å²) in [4.78, 5) is 68.1. The molecule has 17 nitrogen and oxygen atoms in total. The van der Waals surface area contributed by atoms with E-state index in [4.69, 9.17) is 24.2 Å². The van der Waals surface area contributed by atoms with Gasteiger partial charge in [0.05, 0.1) is 30.6 Å². The molecule has 2 aromatic heterocycles. The molecule has 3 aliphatic rings. The number of methoxy groups -OCH3 is 1. The molecule has 1 saturated heterocycles. The minimum Gasteiger partial charge on any atom is -0.497 e. The number of nitrogens with one attached hydrogen (secondary N) is 5. The Morgan fingerprint density at radius 2 is 1.80 bits per heavy atom. The Labute approximate surface area is 409 Å². The molecule has 2 aromatic carbocycles. The van der Waals surface area contributed by atoms with Gasteiger partial charge >= 0.3 is 6.09 Å². The van der Waals surface area contributed by atoms with Crippen molar-refractivity contribution in [2.75, 3.05) is 30.8 Å². The number of sulfonamides is 1. The van der Waals surface area contributed by atoms with Gasteiger partial charge in [-0.2, -0.15) is 0 Å². The Hall–Kier alpha value is -5.95. The van der Waals surface area contributed by atoms with Gasteiger partial charge < -0.3 is 40.4 Å². The number of nitrogens with zero attached hydrogens (tertiary/aromatic N) is 3. The fraction of sp³-hybridized carbons (Fsp3) is 0.520. The second-order valence-corrected chi connectivity index (χ2v) is 22.4. The van der Waals surface area contributed by atoms with Crippen LogP contribution in [-0.2, 0) is 29.1 Å². The number of thiazole rings is 1. The molecule has 4 aromatic rings. The third kappa shape index (κ3) is 12.8. The number of alkyl carbamates (subject to hydrolysis) is 1. The van der Waals surface area contributed by atoms with Crippen LogP contribution in [0.2, 0.25) is 0 Å². The molecule has 0 radical (unpaired) electrons. The van der Waals surface area contributed by atoms with E-state index in [9.17, 15) is 27.6 Å². The van der Waals surface area contributed by atoms with Crippen LogP contribution in [0.1, 0.15) is 99.8 Å². The monoisotopic (exact) mass is 986 g/mol. The highest BCUT2D eigenvalue weighted by Gasteiger charge is 2.61. The number of allylic oxidation sites excluding steroid dienone is 1. The van der Waals surface area contributed by atoms with Gasteiger partial charge in [0.2, 0.25) is 11.8 Å². The summed E-state index contributed by atoms with van der Waals surface area (Å²) in [5.74, 6) is -1.34. The van der Waals surface area contributed by atoms with Crippen LogP contribution in [0.4, 0.5) is 15.6 Å². The number of carbonyl (C=O) groups is 4. The number of hydrogen-bond acceptors (Lipinski definition) is 14. The number of amides is 4. The van der Waals surface area contributed by atoms with Gasteiger partial charge in [-0.25, -0.2) is 27.9 Å². The van der Waals surface area contributed by atoms with E-state index >= 15 is 0 Å². The van der Waals surface area contributed by atoms with Crippen molar-refractivity contribution >= 4 is 66.9 Å². The van der Waals surface area contributed by atoms with Crippen LogP contribution in [0.5, 0.6) is 11.5 Å². The molecule has 2 fully saturated rings. The molecule has 4 heterocycles. The van der Waals surface area contributed by atoms with Crippen LogP contribution in [-0.4, -0.2) is 103 Å². The lowest BCUT2D eigenvalue weighted by Crippen LogP contribution is -2.56. The Kier molecular flexibility index (Phi) is 15.8. The summed E-state index contributed by atoms with van der Waals surface area (Å²) in [5.41, 5.74) is -0.291. The zero-order chi connectivity index (χ0) is 49.7. The average Bonchev–Trinajstić information content (AvgIpc) is 3.53. The second kappa shape index (κ2) is 21.4. The number of fused-ring (bicyclic) bond motifs is 3. The lowest BCUT2D eigenvalue weighted by molar-refractivity contribution is -0.140. The van der Waals surface area contributed by atoms with Crippen molar-refractivity contribution in [3.63, 3.8) is 0 Å². The molecule has 372 valence electrons. The zero-order valence-corrected chi connectivity index (χ0v) is 42.4. The lowest BCUT2D eigenvalue weighted by atomic mass is 10.0. The Morgan fingerprint density at radius 1 is 1.01 bits per heavy atom. The third-order valence-corrected chi connectivity index (χ3v) is 14.3. The molecular weight excluding hydrogens is 921 g/mol. The Morgan fingerprint density at radius 3 is 2.54 bits per heavy atom. The summed E-state index contributed by atoms with van der Waals surface area (Å²) >= 11 is 1.45. The molecule has 0 spiro atoms. The van der Waals surface area contributed by atoms with E-state index in [-0.39, 0.29) is 42.7 Å². The SMILES string of the molecule is COc1ccc2c(O[C@@H]3C[C@@H](C(=O)N[C@]45CC4/C=C\CCCCCNc4ccccc4S(=O)(=O)NC5=O)N(C(=O)C[C@H](CC(C)C)NC(=O)OC(C)(C)C)C3)cc(-c3csc(NC(C)C)n3)nc2c1. The molecule has 1 unspecified atom stereocenters. The molecule has 2 aliphatic heterocycles. The molecular formula is C50H66N8O9S2. The summed E-state index contributed by atoms with van der Waals surface area (Å²) in [6.45, 7) is 13.8. The molecule has 19 heteroatoms. The first kappa shape index (κ1) is 50.9. The summed E-state index contributed by atoms with van der Waals surface area (Å²) in [5, 5.41) is 15.7. The Balaban J connectivity index is 1.22. The van der Waals surface area contributed by atoms with Crippen molar-refractivity contribution in [2.24, 2.45) is 11.8 Å². The number of rotatable bonds is 13. The quantitative estimate of drug-likeness (QED) is 0.0809. The number of ether oxygens (including phenoxy) is 3. The van der Waals surface area contributed by atoms with Gasteiger partial charge in [0.15, 0.2) is 5.13 Å². The van der Waals surface area contributed by atoms with Gasteiger partial charge in [-0.1, -0.05) is 44.6 Å². The van der Waals surface area contributed by atoms with Crippen LogP contribution >= 0.6 is 11.3 Å². The van der Waals surface area contributed by atoms with Crippen molar-refractivity contribution in [1.82, 2.24) is 30.2 Å². The van der Waals surface area contributed by atoms with Crippen LogP contribution in [0.3, 0.4) is 0 Å². The summed E-state index contributed by atoms with van der Waals surface area (Å²) in [6.07, 6.45) is 6.25. The molecule has 4 amide bonds. The molecule has 7 rings (SSSR count). The topological polar surface area (TPSA) is 219 Å². The number of pyridine rings is 1. The van der Waals surface area contributed by atoms with Crippen molar-refractivity contribution in [3.05, 3.63) is 66.1 Å². The molecule has 5 atom stereocenters. The molecule has 69 heavy (non-hydrogen) atoms. The van der Waals surface area contributed by atoms with Crippen LogP contribution < -0.4 is 35.5 Å². The van der Waals surface area contributed by atoms with E-state index in [1.54, 1.807) is 64.3 Å². The maximum atomic E-state index is 14.9. The molecule has 1 aliphatic carbocycles. The van der Waals surface area contributed by atoms with Gasteiger partial charge in [0.1, 0.15) is 45.4 Å². The largest absolute Gasteiger partial charge is 0.497 e. The molecule has 0 bridgehead atoms. The number of para-hydroxylation sites is 1. The van der Waals surface area contributed by atoms with Crippen LogP contribution in [0, 0.1) is 11.8 Å². The number of hydrogen-bond donors (Lipinski definition) is 5. The van der Waals surface area contributed by atoms with E-state index in [1.165, 1.54) is 22.3 Å². The Bertz CT molecular complexity index is 2660. The normalized spacial score (nSPS) is 22.4. The fourth-order valence-corrected chi connectivity index (χ4v) is 10.9. The first-order chi connectivity index (χ1) is 32.7. The average molecular weight is 987 g/mol. The van der Waals surface area contributed by atoms with Crippen molar-refractivity contribution in [1.29, 1.82) is 0 Å². The minimum absolute atomic E-state index is 0.0209. The first-order valence-electron chi connectivity index (χ1n) is 23.8. The van der Waals surface area contributed by atoms with Crippen molar-refractivity contribution in [2.45, 2.75) is 140 Å². The van der Waals surface area contributed by atoms with E-state index in [0.29, 0.717) is 52.4 Å². The highest BCUT2D eigenvalue weighted by molar-refractivity contribution is 7.90. The van der Waals surface area contributed by atoms with Crippen molar-refractivity contribution in [3.8, 4) is 22.9 Å². The second-order valence-electron chi connectivity index (χ2n) is 19.8. The maximum Gasteiger partial charge on any atom is 0.407 e. The maximum absolute atomic E-state index is 14.9. The number of anilines is 2. The van der Waals surface area contributed by atoms with Crippen molar-refractivity contribution < 1.29 is 41.8 Å². The fourth-order valence-electron chi connectivity index (χ4n) is 8.84. The highest BCUT2D eigenvalue weighted by Crippen LogP contribution is 2.46. The molecule has 1 saturated carbocycles. The summed E-state index contributed by atoms with van der Waals surface area (Å²) in [7, 11) is -2.83. The standard InChI is InChI=1S/C50H66N8O9S2/c1-30(2)22-33(53-48(62)67-49(5,6)7)23-44(59)58-28-35(66-42-26-39(40-29-68-47(55-40)52-31(3)4)54-38-24-34(65-8)19-20-36(38)42)25-41(58)45(60)56-50-27-32(50)16-12-10-9-11-15-21-51-37-17-13-14-18-43(37)69(63,64)57-46(50)61/h12-14,16-20,24,26,29-33,35,41,51H,9-11,15,21-23,25,27-28H2,1-8H3,(H,52,55)(H,53,62)(H,56,60)(H,57,61)/b16-12-/t32?,33-,35+,41-,50+/m0/s1. The predicted molar refractivity (Wildman–Crippen MR) is 267 cm³/mol. The lowest BCUT2D eigenvalue weighted by Gasteiger charge is -2.29. The van der Waals surface area contributed by atoms with E-state index < -0.39 is 69.1 Å². The van der Waals surface area contributed by atoms with Gasteiger partial charge in [-0.15, -0.1) is 11.3 Å². The number of aromatic nitrogens is 2. The smallest absolute Gasteiger partial charge is 0.407 e. The summed E-state index contributed by atoms with van der Waals surface area (Å²) in [6, 6.07) is 12.0.